The van der Waals surface area contributed by atoms with Gasteiger partial charge in [-0.15, -0.1) is 11.3 Å². The number of hydrogen-bond acceptors (Lipinski definition) is 5. The summed E-state index contributed by atoms with van der Waals surface area (Å²) < 4.78 is 1.88. The number of aryl methyl sites for hydroxylation is 2. The van der Waals surface area contributed by atoms with Gasteiger partial charge in [-0.25, -0.2) is 9.67 Å². The van der Waals surface area contributed by atoms with E-state index in [-0.39, 0.29) is 5.91 Å². The smallest absolute Gasteiger partial charge is 0.230 e. The molecule has 1 amide bonds. The van der Waals surface area contributed by atoms with Crippen LogP contribution in [0.1, 0.15) is 17.1 Å². The molecule has 0 saturated heterocycles. The van der Waals surface area contributed by atoms with Crippen molar-refractivity contribution in [3.63, 3.8) is 0 Å². The molecule has 0 fully saturated rings. The maximum atomic E-state index is 12.0. The third-order valence-electron chi connectivity index (χ3n) is 2.96. The molecule has 2 aromatic rings. The van der Waals surface area contributed by atoms with Crippen LogP contribution in [0.15, 0.2) is 11.6 Å². The molecule has 0 aliphatic carbocycles. The van der Waals surface area contributed by atoms with Crippen LogP contribution in [-0.2, 0) is 17.8 Å². The Labute approximate surface area is 114 Å². The molecule has 3 heterocycles. The summed E-state index contributed by atoms with van der Waals surface area (Å²) in [6.07, 6.45) is 3.05. The van der Waals surface area contributed by atoms with Crippen LogP contribution in [0, 0.1) is 6.92 Å². The molecule has 2 aromatic heterocycles. The number of carbonyl (C=O) groups is 1. The first-order valence-corrected chi connectivity index (χ1v) is 7.11. The Bertz CT molecular complexity index is 603. The van der Waals surface area contributed by atoms with Crippen molar-refractivity contribution in [3.8, 4) is 0 Å². The van der Waals surface area contributed by atoms with E-state index in [4.69, 9.17) is 0 Å². The van der Waals surface area contributed by atoms with Gasteiger partial charge in [-0.1, -0.05) is 0 Å². The second-order valence-electron chi connectivity index (χ2n) is 4.49. The molecule has 7 heteroatoms. The molecule has 0 spiro atoms. The van der Waals surface area contributed by atoms with Crippen LogP contribution >= 0.6 is 11.3 Å². The molecular weight excluding hydrogens is 262 g/mol. The maximum Gasteiger partial charge on any atom is 0.230 e. The fourth-order valence-corrected chi connectivity index (χ4v) is 2.73. The predicted octanol–water partition coefficient (Wildman–Crippen LogP) is 1.64. The molecule has 1 aliphatic rings. The number of fused-ring (bicyclic) bond motifs is 1. The fourth-order valence-electron chi connectivity index (χ4n) is 2.12. The third-order valence-corrected chi connectivity index (χ3v) is 3.78. The molecule has 0 radical (unpaired) electrons. The van der Waals surface area contributed by atoms with E-state index >= 15 is 0 Å². The highest BCUT2D eigenvalue weighted by molar-refractivity contribution is 7.09. The number of nitrogens with zero attached hydrogens (tertiary/aromatic N) is 3. The number of aromatic nitrogens is 3. The summed E-state index contributed by atoms with van der Waals surface area (Å²) in [4.78, 5) is 16.3. The van der Waals surface area contributed by atoms with Gasteiger partial charge in [0, 0.05) is 18.5 Å². The molecule has 0 aromatic carbocycles. The Balaban J connectivity index is 1.68. The average molecular weight is 277 g/mol. The monoisotopic (exact) mass is 277 g/mol. The molecule has 0 atom stereocenters. The minimum absolute atomic E-state index is 0.0616. The van der Waals surface area contributed by atoms with E-state index in [1.54, 1.807) is 17.5 Å². The van der Waals surface area contributed by atoms with Gasteiger partial charge in [0.25, 0.3) is 0 Å². The fraction of sp³-hybridized carbons (Fsp3) is 0.417. The molecule has 3 rings (SSSR count). The zero-order valence-electron chi connectivity index (χ0n) is 10.6. The second kappa shape index (κ2) is 5.00. The number of nitrogens with one attached hydrogen (secondary N) is 2. The van der Waals surface area contributed by atoms with E-state index in [9.17, 15) is 4.79 Å². The zero-order chi connectivity index (χ0) is 13.2. The number of thiazole rings is 1. The number of amides is 1. The zero-order valence-corrected chi connectivity index (χ0v) is 11.5. The van der Waals surface area contributed by atoms with Crippen molar-refractivity contribution in [2.45, 2.75) is 26.3 Å². The topological polar surface area (TPSA) is 71.8 Å². The first kappa shape index (κ1) is 12.2. The van der Waals surface area contributed by atoms with E-state index in [1.165, 1.54) is 0 Å². The van der Waals surface area contributed by atoms with Crippen LogP contribution in [0.25, 0.3) is 0 Å². The molecule has 2 N–H and O–H groups in total. The Hall–Kier alpha value is -1.89. The summed E-state index contributed by atoms with van der Waals surface area (Å²) in [6, 6.07) is 0. The highest BCUT2D eigenvalue weighted by Crippen LogP contribution is 2.24. The number of anilines is 2. The van der Waals surface area contributed by atoms with Gasteiger partial charge in [0.2, 0.25) is 5.91 Å². The standard InChI is InChI=1S/C12H15N5OS/c1-8-15-9(7-19-8)5-11(18)16-10-6-14-17-4-2-3-13-12(10)17/h6-7,13H,2-5H2,1H3,(H,16,18). The molecule has 1 aliphatic heterocycles. The van der Waals surface area contributed by atoms with Crippen LogP contribution in [0.2, 0.25) is 0 Å². The van der Waals surface area contributed by atoms with E-state index in [0.29, 0.717) is 6.42 Å². The normalized spacial score (nSPS) is 13.7. The van der Waals surface area contributed by atoms with Gasteiger partial charge in [-0.2, -0.15) is 5.10 Å². The van der Waals surface area contributed by atoms with Crippen LogP contribution in [-0.4, -0.2) is 27.2 Å². The average Bonchev–Trinajstić information content (AvgIpc) is 2.97. The van der Waals surface area contributed by atoms with Crippen LogP contribution < -0.4 is 10.6 Å². The molecule has 19 heavy (non-hydrogen) atoms. The molecule has 0 bridgehead atoms. The van der Waals surface area contributed by atoms with Crippen LogP contribution in [0.3, 0.4) is 0 Å². The Morgan fingerprint density at radius 1 is 1.63 bits per heavy atom. The van der Waals surface area contributed by atoms with Crippen molar-refractivity contribution in [1.29, 1.82) is 0 Å². The maximum absolute atomic E-state index is 12.0. The first-order valence-electron chi connectivity index (χ1n) is 6.23. The van der Waals surface area contributed by atoms with Crippen LogP contribution in [0.5, 0.6) is 0 Å². The van der Waals surface area contributed by atoms with E-state index in [2.05, 4.69) is 20.7 Å². The summed E-state index contributed by atoms with van der Waals surface area (Å²) in [5, 5.41) is 13.3. The molecular formula is C12H15N5OS. The van der Waals surface area contributed by atoms with Crippen LogP contribution in [0.4, 0.5) is 11.5 Å². The highest BCUT2D eigenvalue weighted by Gasteiger charge is 2.16. The van der Waals surface area contributed by atoms with Crippen molar-refractivity contribution in [2.75, 3.05) is 17.2 Å². The van der Waals surface area contributed by atoms with E-state index < -0.39 is 0 Å². The van der Waals surface area contributed by atoms with E-state index in [0.717, 1.165) is 41.7 Å². The van der Waals surface area contributed by atoms with Crippen molar-refractivity contribution in [3.05, 3.63) is 22.3 Å². The first-order chi connectivity index (χ1) is 9.22. The summed E-state index contributed by atoms with van der Waals surface area (Å²) in [5.41, 5.74) is 1.56. The van der Waals surface area contributed by atoms with Crippen molar-refractivity contribution < 1.29 is 4.79 Å². The molecule has 6 nitrogen and oxygen atoms in total. The lowest BCUT2D eigenvalue weighted by atomic mass is 10.3. The van der Waals surface area contributed by atoms with Gasteiger partial charge in [-0.05, 0) is 13.3 Å². The van der Waals surface area contributed by atoms with Crippen molar-refractivity contribution >= 4 is 28.7 Å². The second-order valence-corrected chi connectivity index (χ2v) is 5.56. The highest BCUT2D eigenvalue weighted by atomic mass is 32.1. The van der Waals surface area contributed by atoms with Gasteiger partial charge in [-0.3, -0.25) is 4.79 Å². The largest absolute Gasteiger partial charge is 0.368 e. The van der Waals surface area contributed by atoms with Gasteiger partial charge < -0.3 is 10.6 Å². The number of rotatable bonds is 3. The summed E-state index contributed by atoms with van der Waals surface area (Å²) in [7, 11) is 0. The minimum Gasteiger partial charge on any atom is -0.368 e. The lowest BCUT2D eigenvalue weighted by molar-refractivity contribution is -0.115. The third kappa shape index (κ3) is 2.60. The van der Waals surface area contributed by atoms with Crippen molar-refractivity contribution in [2.24, 2.45) is 0 Å². The summed E-state index contributed by atoms with van der Waals surface area (Å²) in [5.74, 6) is 0.836. The summed E-state index contributed by atoms with van der Waals surface area (Å²) >= 11 is 1.56. The molecule has 0 unspecified atom stereocenters. The quantitative estimate of drug-likeness (QED) is 0.894. The Morgan fingerprint density at radius 2 is 2.53 bits per heavy atom. The van der Waals surface area contributed by atoms with E-state index in [1.807, 2.05) is 17.0 Å². The van der Waals surface area contributed by atoms with Gasteiger partial charge in [0.05, 0.1) is 23.3 Å². The number of hydrogen-bond donors (Lipinski definition) is 2. The molecule has 100 valence electrons. The lowest BCUT2D eigenvalue weighted by Gasteiger charge is -2.16. The van der Waals surface area contributed by atoms with Gasteiger partial charge in [0.1, 0.15) is 11.5 Å². The number of carbonyl (C=O) groups excluding carboxylic acids is 1. The Morgan fingerprint density at radius 3 is 3.32 bits per heavy atom. The minimum atomic E-state index is -0.0616. The molecule has 0 saturated carbocycles. The lowest BCUT2D eigenvalue weighted by Crippen LogP contribution is -2.20. The van der Waals surface area contributed by atoms with Crippen molar-refractivity contribution in [1.82, 2.24) is 14.8 Å². The van der Waals surface area contributed by atoms with Gasteiger partial charge in [0.15, 0.2) is 0 Å². The Kier molecular flexibility index (Phi) is 3.20. The summed E-state index contributed by atoms with van der Waals surface area (Å²) in [6.45, 7) is 3.74. The van der Waals surface area contributed by atoms with Gasteiger partial charge >= 0.3 is 0 Å². The predicted molar refractivity (Wildman–Crippen MR) is 74.5 cm³/mol. The SMILES string of the molecule is Cc1nc(CC(=O)Nc2cnn3c2NCCC3)cs1.